The monoisotopic (exact) mass is 370 g/mol. The van der Waals surface area contributed by atoms with Crippen LogP contribution in [-0.2, 0) is 6.42 Å². The van der Waals surface area contributed by atoms with Gasteiger partial charge in [-0.1, -0.05) is 6.07 Å². The second-order valence-corrected chi connectivity index (χ2v) is 7.40. The number of thiazole rings is 1. The molecule has 3 heterocycles. The average Bonchev–Trinajstić information content (AvgIpc) is 3.06. The van der Waals surface area contributed by atoms with Gasteiger partial charge in [-0.3, -0.25) is 19.0 Å². The average molecular weight is 370 g/mol. The van der Waals surface area contributed by atoms with Crippen molar-refractivity contribution < 1.29 is 9.90 Å². The molecule has 1 unspecified atom stereocenters. The summed E-state index contributed by atoms with van der Waals surface area (Å²) in [4.78, 5) is 33.4. The highest BCUT2D eigenvalue weighted by atomic mass is 32.1. The summed E-state index contributed by atoms with van der Waals surface area (Å²) in [6.07, 6.45) is 5.03. The normalized spacial score (nSPS) is 20.5. The van der Waals surface area contributed by atoms with E-state index in [1.807, 2.05) is 18.2 Å². The lowest BCUT2D eigenvalue weighted by molar-refractivity contribution is 0.0237. The molecule has 1 aliphatic rings. The van der Waals surface area contributed by atoms with E-state index in [0.29, 0.717) is 24.2 Å². The van der Waals surface area contributed by atoms with Crippen molar-refractivity contribution in [2.75, 3.05) is 0 Å². The molecule has 0 radical (unpaired) electrons. The minimum absolute atomic E-state index is 0.154. The highest BCUT2D eigenvalue weighted by Gasteiger charge is 2.35. The van der Waals surface area contributed by atoms with Crippen LogP contribution in [0.1, 0.15) is 29.0 Å². The zero-order chi connectivity index (χ0) is 18.1. The molecule has 0 spiro atoms. The number of nitrogens with one attached hydrogen (secondary N) is 1. The summed E-state index contributed by atoms with van der Waals surface area (Å²) in [5, 5.41) is 14.5. The number of aliphatic hydroxyl groups excluding tert-OH is 1. The van der Waals surface area contributed by atoms with Gasteiger partial charge < -0.3 is 10.4 Å². The zero-order valence-corrected chi connectivity index (χ0v) is 14.7. The fourth-order valence-electron chi connectivity index (χ4n) is 3.30. The Hall–Kier alpha value is -2.58. The molecule has 26 heavy (non-hydrogen) atoms. The molecule has 0 bridgehead atoms. The van der Waals surface area contributed by atoms with Gasteiger partial charge in [0.05, 0.1) is 6.10 Å². The minimum atomic E-state index is -0.432. The summed E-state index contributed by atoms with van der Waals surface area (Å²) < 4.78 is 1.62. The number of carbonyl (C=O) groups is 1. The maximum atomic E-state index is 12.9. The summed E-state index contributed by atoms with van der Waals surface area (Å²) in [6.45, 7) is 0. The highest BCUT2D eigenvalue weighted by Crippen LogP contribution is 2.31. The van der Waals surface area contributed by atoms with Crippen molar-refractivity contribution >= 4 is 22.2 Å². The second kappa shape index (κ2) is 6.97. The van der Waals surface area contributed by atoms with Crippen LogP contribution in [0.3, 0.4) is 0 Å². The molecular weight excluding hydrogens is 352 g/mol. The molecule has 7 nitrogen and oxygen atoms in total. The Morgan fingerprint density at radius 1 is 1.42 bits per heavy atom. The van der Waals surface area contributed by atoms with Gasteiger partial charge in [0.2, 0.25) is 0 Å². The van der Waals surface area contributed by atoms with Gasteiger partial charge in [-0.05, 0) is 30.9 Å². The van der Waals surface area contributed by atoms with Crippen LogP contribution in [0.15, 0.2) is 46.8 Å². The summed E-state index contributed by atoms with van der Waals surface area (Å²) in [7, 11) is 0. The lowest BCUT2D eigenvalue weighted by atomic mass is 9.76. The Kier molecular flexibility index (Phi) is 4.52. The van der Waals surface area contributed by atoms with Gasteiger partial charge in [-0.25, -0.2) is 0 Å². The molecule has 134 valence electrons. The third-order valence-corrected chi connectivity index (χ3v) is 5.49. The standard InChI is InChI=1S/C18H18N4O3S/c23-13-7-11(8-13)14(9-12-3-1-2-4-19-12)20-17(25)15-10-16(24)21-18-22(15)5-6-26-18/h1-6,10-11,13-14,23H,7-9H2,(H,20,25). The molecule has 1 saturated carbocycles. The van der Waals surface area contributed by atoms with Crippen molar-refractivity contribution in [1.29, 1.82) is 0 Å². The minimum Gasteiger partial charge on any atom is -0.393 e. The molecule has 2 N–H and O–H groups in total. The Bertz CT molecular complexity index is 979. The van der Waals surface area contributed by atoms with E-state index >= 15 is 0 Å². The lowest BCUT2D eigenvalue weighted by Crippen LogP contribution is -2.48. The Labute approximate surface area is 153 Å². The van der Waals surface area contributed by atoms with E-state index in [-0.39, 0.29) is 29.7 Å². The summed E-state index contributed by atoms with van der Waals surface area (Å²) in [5.74, 6) is -0.132. The first kappa shape index (κ1) is 16.9. The van der Waals surface area contributed by atoms with E-state index < -0.39 is 5.56 Å². The number of pyridine rings is 1. The first-order chi connectivity index (χ1) is 12.6. The highest BCUT2D eigenvalue weighted by molar-refractivity contribution is 7.15. The number of nitrogens with zero attached hydrogens (tertiary/aromatic N) is 3. The van der Waals surface area contributed by atoms with Gasteiger partial charge >= 0.3 is 0 Å². The van der Waals surface area contributed by atoms with Gasteiger partial charge in [0.15, 0.2) is 4.96 Å². The lowest BCUT2D eigenvalue weighted by Gasteiger charge is -2.38. The Morgan fingerprint density at radius 3 is 3.00 bits per heavy atom. The first-order valence-corrected chi connectivity index (χ1v) is 9.34. The molecule has 1 fully saturated rings. The van der Waals surface area contributed by atoms with Crippen molar-refractivity contribution in [3.05, 3.63) is 63.8 Å². The quantitative estimate of drug-likeness (QED) is 0.705. The van der Waals surface area contributed by atoms with E-state index in [2.05, 4.69) is 15.3 Å². The van der Waals surface area contributed by atoms with Crippen LogP contribution in [0.5, 0.6) is 0 Å². The van der Waals surface area contributed by atoms with Crippen LogP contribution in [-0.4, -0.2) is 37.5 Å². The fraction of sp³-hybridized carbons (Fsp3) is 0.333. The Morgan fingerprint density at radius 2 is 2.27 bits per heavy atom. The Balaban J connectivity index is 1.59. The number of aliphatic hydroxyl groups is 1. The number of fused-ring (bicyclic) bond motifs is 1. The van der Waals surface area contributed by atoms with E-state index in [1.54, 1.807) is 22.2 Å². The van der Waals surface area contributed by atoms with Crippen molar-refractivity contribution in [2.24, 2.45) is 5.92 Å². The van der Waals surface area contributed by atoms with E-state index in [9.17, 15) is 14.7 Å². The first-order valence-electron chi connectivity index (χ1n) is 8.46. The van der Waals surface area contributed by atoms with Crippen LogP contribution >= 0.6 is 11.3 Å². The number of hydrogen-bond donors (Lipinski definition) is 2. The van der Waals surface area contributed by atoms with Crippen LogP contribution in [0.4, 0.5) is 0 Å². The molecule has 1 atom stereocenters. The van der Waals surface area contributed by atoms with Crippen LogP contribution in [0, 0.1) is 5.92 Å². The van der Waals surface area contributed by atoms with Crippen molar-refractivity contribution in [1.82, 2.24) is 19.7 Å². The molecular formula is C18H18N4O3S. The maximum Gasteiger partial charge on any atom is 0.274 e. The maximum absolute atomic E-state index is 12.9. The molecule has 1 aliphatic carbocycles. The summed E-state index contributed by atoms with van der Waals surface area (Å²) in [6, 6.07) is 6.78. The van der Waals surface area contributed by atoms with Gasteiger partial charge in [0.25, 0.3) is 11.5 Å². The number of aromatic nitrogens is 3. The zero-order valence-electron chi connectivity index (χ0n) is 13.9. The predicted molar refractivity (Wildman–Crippen MR) is 97.3 cm³/mol. The van der Waals surface area contributed by atoms with E-state index in [1.165, 1.54) is 17.4 Å². The SMILES string of the molecule is O=C(NC(Cc1ccccn1)C1CC(O)C1)c1cc(=O)nc2sccn12. The molecule has 1 amide bonds. The van der Waals surface area contributed by atoms with Crippen LogP contribution in [0.25, 0.3) is 4.96 Å². The molecule has 8 heteroatoms. The van der Waals surface area contributed by atoms with Gasteiger partial charge in [0, 0.05) is 42.0 Å². The second-order valence-electron chi connectivity index (χ2n) is 6.53. The topological polar surface area (TPSA) is 96.6 Å². The molecule has 3 aromatic rings. The number of hydrogen-bond acceptors (Lipinski definition) is 6. The summed E-state index contributed by atoms with van der Waals surface area (Å²) in [5.41, 5.74) is 0.719. The van der Waals surface area contributed by atoms with E-state index in [4.69, 9.17) is 0 Å². The van der Waals surface area contributed by atoms with Gasteiger partial charge in [-0.2, -0.15) is 4.98 Å². The number of carbonyl (C=O) groups excluding carboxylic acids is 1. The number of amides is 1. The largest absolute Gasteiger partial charge is 0.393 e. The van der Waals surface area contributed by atoms with E-state index in [0.717, 1.165) is 5.69 Å². The van der Waals surface area contributed by atoms with Gasteiger partial charge in [0.1, 0.15) is 5.69 Å². The van der Waals surface area contributed by atoms with Crippen molar-refractivity contribution in [3.63, 3.8) is 0 Å². The predicted octanol–water partition coefficient (Wildman–Crippen LogP) is 1.26. The molecule has 0 aliphatic heterocycles. The molecule has 4 rings (SSSR count). The molecule has 0 saturated heterocycles. The summed E-state index contributed by atoms with van der Waals surface area (Å²) >= 11 is 1.31. The van der Waals surface area contributed by atoms with Crippen LogP contribution in [0.2, 0.25) is 0 Å². The smallest absolute Gasteiger partial charge is 0.274 e. The number of rotatable bonds is 5. The third kappa shape index (κ3) is 3.38. The third-order valence-electron chi connectivity index (χ3n) is 4.74. The fourth-order valence-corrected chi connectivity index (χ4v) is 4.02. The van der Waals surface area contributed by atoms with Crippen molar-refractivity contribution in [2.45, 2.75) is 31.4 Å². The van der Waals surface area contributed by atoms with Crippen molar-refractivity contribution in [3.8, 4) is 0 Å². The van der Waals surface area contributed by atoms with Crippen LogP contribution < -0.4 is 10.9 Å². The molecule has 3 aromatic heterocycles. The molecule has 0 aromatic carbocycles. The van der Waals surface area contributed by atoms with Gasteiger partial charge in [-0.15, -0.1) is 11.3 Å².